The fourth-order valence-electron chi connectivity index (χ4n) is 3.85. The molecule has 4 rings (SSSR count). The number of hydrogen-bond acceptors (Lipinski definition) is 7. The molecule has 2 aliphatic heterocycles. The van der Waals surface area contributed by atoms with Crippen LogP contribution in [0.25, 0.3) is 11.1 Å². The van der Waals surface area contributed by atoms with Crippen LogP contribution in [0, 0.1) is 11.3 Å². The van der Waals surface area contributed by atoms with Crippen molar-refractivity contribution in [1.29, 1.82) is 5.26 Å². The molecular weight excluding hydrogens is 382 g/mol. The van der Waals surface area contributed by atoms with E-state index < -0.39 is 5.60 Å². The third kappa shape index (κ3) is 4.21. The van der Waals surface area contributed by atoms with Gasteiger partial charge in [0.1, 0.15) is 23.2 Å². The zero-order valence-electron chi connectivity index (χ0n) is 17.4. The van der Waals surface area contributed by atoms with E-state index in [0.717, 1.165) is 16.9 Å². The molecule has 0 aromatic carbocycles. The second kappa shape index (κ2) is 7.92. The van der Waals surface area contributed by atoms with Crippen LogP contribution in [-0.2, 0) is 9.47 Å². The first-order chi connectivity index (χ1) is 14.3. The molecule has 2 saturated heterocycles. The van der Waals surface area contributed by atoms with Crippen molar-refractivity contribution in [3.8, 4) is 17.2 Å². The molecule has 2 aliphatic rings. The summed E-state index contributed by atoms with van der Waals surface area (Å²) in [4.78, 5) is 25.1. The molecule has 156 valence electrons. The molecule has 2 aromatic heterocycles. The van der Waals surface area contributed by atoms with Gasteiger partial charge in [0.05, 0.1) is 25.3 Å². The zero-order chi connectivity index (χ0) is 21.3. The zero-order valence-corrected chi connectivity index (χ0v) is 17.4. The van der Waals surface area contributed by atoms with Crippen molar-refractivity contribution in [2.75, 3.05) is 31.1 Å². The van der Waals surface area contributed by atoms with Crippen molar-refractivity contribution in [3.05, 3.63) is 42.4 Å². The minimum absolute atomic E-state index is 0.0377. The van der Waals surface area contributed by atoms with E-state index in [2.05, 4.69) is 20.9 Å². The molecule has 2 fully saturated rings. The lowest BCUT2D eigenvalue weighted by Gasteiger charge is -2.37. The monoisotopic (exact) mass is 407 g/mol. The van der Waals surface area contributed by atoms with Crippen LogP contribution in [0.5, 0.6) is 0 Å². The van der Waals surface area contributed by atoms with E-state index >= 15 is 0 Å². The van der Waals surface area contributed by atoms with Crippen LogP contribution >= 0.6 is 0 Å². The molecule has 2 aromatic rings. The highest BCUT2D eigenvalue weighted by Gasteiger charge is 2.43. The molecule has 0 aliphatic carbocycles. The third-order valence-electron chi connectivity index (χ3n) is 5.20. The largest absolute Gasteiger partial charge is 0.444 e. The molecule has 0 bridgehead atoms. The second-order valence-electron chi connectivity index (χ2n) is 8.50. The van der Waals surface area contributed by atoms with E-state index in [1.807, 2.05) is 39.0 Å². The fourth-order valence-corrected chi connectivity index (χ4v) is 3.85. The van der Waals surface area contributed by atoms with Gasteiger partial charge in [0, 0.05) is 31.0 Å². The summed E-state index contributed by atoms with van der Waals surface area (Å²) < 4.78 is 11.4. The number of likely N-dealkylation sites (tertiary alicyclic amines) is 1. The molecule has 8 nitrogen and oxygen atoms in total. The first-order valence-corrected chi connectivity index (χ1v) is 10.0. The SMILES string of the molecule is CC(C)(C)OC(=O)N1CC2OCCN(c3ccc(-c4ccnc(C#N)c4)cn3)C2C1. The van der Waals surface area contributed by atoms with E-state index in [9.17, 15) is 4.79 Å². The first-order valence-electron chi connectivity index (χ1n) is 10.0. The van der Waals surface area contributed by atoms with E-state index in [1.54, 1.807) is 23.4 Å². The molecule has 30 heavy (non-hydrogen) atoms. The number of rotatable bonds is 2. The number of fused-ring (bicyclic) bond motifs is 1. The highest BCUT2D eigenvalue weighted by Crippen LogP contribution is 2.29. The number of aromatic nitrogens is 2. The van der Waals surface area contributed by atoms with Gasteiger partial charge in [-0.2, -0.15) is 5.26 Å². The third-order valence-corrected chi connectivity index (χ3v) is 5.20. The smallest absolute Gasteiger partial charge is 0.410 e. The Morgan fingerprint density at radius 2 is 2.07 bits per heavy atom. The summed E-state index contributed by atoms with van der Waals surface area (Å²) in [6, 6.07) is 9.66. The van der Waals surface area contributed by atoms with Crippen LogP contribution in [0.3, 0.4) is 0 Å². The van der Waals surface area contributed by atoms with Gasteiger partial charge in [-0.05, 0) is 50.6 Å². The number of morpholine rings is 1. The van der Waals surface area contributed by atoms with Crippen molar-refractivity contribution in [3.63, 3.8) is 0 Å². The molecule has 0 spiro atoms. The minimum atomic E-state index is -0.527. The highest BCUT2D eigenvalue weighted by atomic mass is 16.6. The van der Waals surface area contributed by atoms with Gasteiger partial charge < -0.3 is 19.3 Å². The Labute approximate surface area is 176 Å². The molecule has 1 amide bonds. The predicted molar refractivity (Wildman–Crippen MR) is 111 cm³/mol. The van der Waals surface area contributed by atoms with Gasteiger partial charge in [-0.15, -0.1) is 0 Å². The Hall–Kier alpha value is -3.18. The lowest BCUT2D eigenvalue weighted by Crippen LogP contribution is -2.51. The standard InChI is InChI=1S/C22H25N5O3/c1-22(2,3)30-21(28)26-13-18-19(14-26)29-9-8-27(18)20-5-4-16(12-25-20)15-6-7-24-17(10-15)11-23/h4-7,10,12,18-19H,8-9,13-14H2,1-3H3. The summed E-state index contributed by atoms with van der Waals surface area (Å²) in [6.07, 6.45) is 3.05. The maximum Gasteiger partial charge on any atom is 0.410 e. The van der Waals surface area contributed by atoms with Crippen molar-refractivity contribution in [1.82, 2.24) is 14.9 Å². The van der Waals surface area contributed by atoms with Crippen LogP contribution in [0.2, 0.25) is 0 Å². The molecule has 0 radical (unpaired) electrons. The molecule has 0 N–H and O–H groups in total. The molecule has 4 heterocycles. The molecular formula is C22H25N5O3. The lowest BCUT2D eigenvalue weighted by molar-refractivity contribution is 0.0162. The van der Waals surface area contributed by atoms with E-state index in [-0.39, 0.29) is 18.2 Å². The van der Waals surface area contributed by atoms with Gasteiger partial charge in [0.15, 0.2) is 0 Å². The number of ether oxygens (including phenoxy) is 2. The van der Waals surface area contributed by atoms with Gasteiger partial charge in [0.25, 0.3) is 0 Å². The van der Waals surface area contributed by atoms with Crippen molar-refractivity contribution >= 4 is 11.9 Å². The second-order valence-corrected chi connectivity index (χ2v) is 8.50. The molecule has 0 saturated carbocycles. The van der Waals surface area contributed by atoms with Crippen LogP contribution in [0.1, 0.15) is 26.5 Å². The molecule has 8 heteroatoms. The quantitative estimate of drug-likeness (QED) is 0.756. The summed E-state index contributed by atoms with van der Waals surface area (Å²) in [5.74, 6) is 0.845. The van der Waals surface area contributed by atoms with Crippen LogP contribution < -0.4 is 4.90 Å². The average Bonchev–Trinajstić information content (AvgIpc) is 3.17. The van der Waals surface area contributed by atoms with Crippen LogP contribution in [-0.4, -0.2) is 64.9 Å². The summed E-state index contributed by atoms with van der Waals surface area (Å²) in [5, 5.41) is 9.05. The van der Waals surface area contributed by atoms with E-state index in [1.165, 1.54) is 0 Å². The van der Waals surface area contributed by atoms with Crippen LogP contribution in [0.4, 0.5) is 10.6 Å². The van der Waals surface area contributed by atoms with Gasteiger partial charge in [0.2, 0.25) is 0 Å². The number of carbonyl (C=O) groups is 1. The number of hydrogen-bond donors (Lipinski definition) is 0. The Balaban J connectivity index is 1.50. The average molecular weight is 407 g/mol. The number of nitrogens with zero attached hydrogens (tertiary/aromatic N) is 5. The van der Waals surface area contributed by atoms with Crippen LogP contribution in [0.15, 0.2) is 36.7 Å². The summed E-state index contributed by atoms with van der Waals surface area (Å²) in [6.45, 7) is 7.95. The number of nitriles is 1. The Morgan fingerprint density at radius 3 is 2.77 bits per heavy atom. The predicted octanol–water partition coefficient (Wildman–Crippen LogP) is 2.84. The van der Waals surface area contributed by atoms with E-state index in [4.69, 9.17) is 14.7 Å². The number of amides is 1. The van der Waals surface area contributed by atoms with Gasteiger partial charge in [-0.1, -0.05) is 0 Å². The minimum Gasteiger partial charge on any atom is -0.444 e. The Morgan fingerprint density at radius 1 is 1.23 bits per heavy atom. The highest BCUT2D eigenvalue weighted by molar-refractivity contribution is 5.69. The van der Waals surface area contributed by atoms with Gasteiger partial charge in [-0.25, -0.2) is 14.8 Å². The summed E-state index contributed by atoms with van der Waals surface area (Å²) in [5.41, 5.74) is 1.67. The first kappa shape index (κ1) is 20.1. The lowest BCUT2D eigenvalue weighted by atomic mass is 10.1. The number of pyridine rings is 2. The van der Waals surface area contributed by atoms with Crippen molar-refractivity contribution < 1.29 is 14.3 Å². The molecule has 2 unspecified atom stereocenters. The van der Waals surface area contributed by atoms with Crippen molar-refractivity contribution in [2.45, 2.75) is 38.5 Å². The fraction of sp³-hybridized carbons (Fsp3) is 0.455. The summed E-state index contributed by atoms with van der Waals surface area (Å²) in [7, 11) is 0. The maximum atomic E-state index is 12.5. The van der Waals surface area contributed by atoms with E-state index in [0.29, 0.717) is 31.9 Å². The molecule has 2 atom stereocenters. The number of carbonyl (C=O) groups excluding carboxylic acids is 1. The Bertz CT molecular complexity index is 964. The topological polar surface area (TPSA) is 91.6 Å². The van der Waals surface area contributed by atoms with Gasteiger partial charge in [-0.3, -0.25) is 0 Å². The summed E-state index contributed by atoms with van der Waals surface area (Å²) >= 11 is 0. The normalized spacial score (nSPS) is 21.1. The van der Waals surface area contributed by atoms with Crippen molar-refractivity contribution in [2.24, 2.45) is 0 Å². The Kier molecular flexibility index (Phi) is 5.31. The number of anilines is 1. The van der Waals surface area contributed by atoms with Gasteiger partial charge >= 0.3 is 6.09 Å². The maximum absolute atomic E-state index is 12.5.